The Hall–Kier alpha value is -2.68. The molecule has 0 fully saturated rings. The van der Waals surface area contributed by atoms with Crippen LogP contribution < -0.4 is 0 Å². The molecule has 20 heavy (non-hydrogen) atoms. The number of hydrogen-bond acceptors (Lipinski definition) is 2. The zero-order chi connectivity index (χ0) is 14.1. The number of fused-ring (bicyclic) bond motifs is 1. The maximum Gasteiger partial charge on any atom is 0.336 e. The van der Waals surface area contributed by atoms with Gasteiger partial charge in [-0.2, -0.15) is 0 Å². The fourth-order valence-corrected chi connectivity index (χ4v) is 2.39. The normalized spacial score (nSPS) is 10.7. The Morgan fingerprint density at radius 3 is 2.50 bits per heavy atom. The Labute approximate surface area is 116 Å². The molecule has 3 heteroatoms. The maximum atomic E-state index is 11.3. The third-order valence-electron chi connectivity index (χ3n) is 3.36. The van der Waals surface area contributed by atoms with Crippen molar-refractivity contribution in [2.24, 2.45) is 0 Å². The Balaban J connectivity index is 2.32. The second-order valence-corrected chi connectivity index (χ2v) is 4.66. The van der Waals surface area contributed by atoms with Gasteiger partial charge in [-0.1, -0.05) is 36.4 Å². The number of carboxylic acids is 1. The monoisotopic (exact) mass is 263 g/mol. The highest BCUT2D eigenvalue weighted by molar-refractivity contribution is 6.03. The summed E-state index contributed by atoms with van der Waals surface area (Å²) in [6.45, 7) is 1.94. The molecule has 0 saturated heterocycles. The maximum absolute atomic E-state index is 11.3. The highest BCUT2D eigenvalue weighted by Gasteiger charge is 2.12. The third kappa shape index (κ3) is 2.03. The molecule has 0 saturated carbocycles. The van der Waals surface area contributed by atoms with Crippen LogP contribution in [0.4, 0.5) is 0 Å². The summed E-state index contributed by atoms with van der Waals surface area (Å²) in [5, 5.41) is 9.96. The summed E-state index contributed by atoms with van der Waals surface area (Å²) in [4.78, 5) is 15.9. The van der Waals surface area contributed by atoms with Gasteiger partial charge in [-0.15, -0.1) is 0 Å². The summed E-state index contributed by atoms with van der Waals surface area (Å²) in [6, 6.07) is 17.0. The molecule has 0 amide bonds. The lowest BCUT2D eigenvalue weighted by atomic mass is 10.00. The number of carbonyl (C=O) groups is 1. The molecule has 3 aromatic rings. The van der Waals surface area contributed by atoms with Crippen LogP contribution in [0.5, 0.6) is 0 Å². The van der Waals surface area contributed by atoms with Crippen molar-refractivity contribution in [3.8, 4) is 11.1 Å². The zero-order valence-electron chi connectivity index (χ0n) is 11.0. The number of hydrogen-bond donors (Lipinski definition) is 1. The van der Waals surface area contributed by atoms with E-state index >= 15 is 0 Å². The quantitative estimate of drug-likeness (QED) is 0.762. The molecule has 0 radical (unpaired) electrons. The minimum atomic E-state index is -0.930. The second kappa shape index (κ2) is 4.78. The van der Waals surface area contributed by atoms with Crippen LogP contribution in [0.15, 0.2) is 54.6 Å². The number of aromatic carboxylic acids is 1. The minimum absolute atomic E-state index is 0.284. The SMILES string of the molecule is Cc1nc2cccc(C(=O)O)c2cc1-c1ccccc1. The number of pyridine rings is 1. The molecule has 0 unspecified atom stereocenters. The molecule has 3 rings (SSSR count). The van der Waals surface area contributed by atoms with Crippen LogP contribution in [0.25, 0.3) is 22.0 Å². The first-order chi connectivity index (χ1) is 9.66. The highest BCUT2D eigenvalue weighted by atomic mass is 16.4. The third-order valence-corrected chi connectivity index (χ3v) is 3.36. The van der Waals surface area contributed by atoms with Gasteiger partial charge in [0.15, 0.2) is 0 Å². The van der Waals surface area contributed by atoms with Crippen LogP contribution in [-0.4, -0.2) is 16.1 Å². The molecule has 0 bridgehead atoms. The van der Waals surface area contributed by atoms with Gasteiger partial charge in [-0.3, -0.25) is 4.98 Å². The molecule has 0 aliphatic carbocycles. The van der Waals surface area contributed by atoms with Crippen molar-refractivity contribution in [1.82, 2.24) is 4.98 Å². The number of benzene rings is 2. The van der Waals surface area contributed by atoms with E-state index < -0.39 is 5.97 Å². The van der Waals surface area contributed by atoms with E-state index in [-0.39, 0.29) is 5.56 Å². The first-order valence-electron chi connectivity index (χ1n) is 6.36. The summed E-state index contributed by atoms with van der Waals surface area (Å²) < 4.78 is 0. The first kappa shape index (κ1) is 12.4. The molecule has 2 aromatic carbocycles. The first-order valence-corrected chi connectivity index (χ1v) is 6.36. The lowest BCUT2D eigenvalue weighted by molar-refractivity contribution is 0.0699. The molecule has 0 aliphatic rings. The van der Waals surface area contributed by atoms with E-state index in [0.717, 1.165) is 16.8 Å². The molecular formula is C17H13NO2. The van der Waals surface area contributed by atoms with E-state index in [1.165, 1.54) is 0 Å². The topological polar surface area (TPSA) is 50.2 Å². The summed E-state index contributed by atoms with van der Waals surface area (Å²) in [5.74, 6) is -0.930. The summed E-state index contributed by atoms with van der Waals surface area (Å²) in [6.07, 6.45) is 0. The van der Waals surface area contributed by atoms with Gasteiger partial charge in [0, 0.05) is 16.6 Å². The lowest BCUT2D eigenvalue weighted by Crippen LogP contribution is -1.99. The molecule has 3 nitrogen and oxygen atoms in total. The van der Waals surface area contributed by atoms with Crippen molar-refractivity contribution in [2.75, 3.05) is 0 Å². The van der Waals surface area contributed by atoms with Crippen LogP contribution in [0.3, 0.4) is 0 Å². The van der Waals surface area contributed by atoms with E-state index in [9.17, 15) is 9.90 Å². The number of nitrogens with zero attached hydrogens (tertiary/aromatic N) is 1. The van der Waals surface area contributed by atoms with Gasteiger partial charge < -0.3 is 5.11 Å². The Morgan fingerprint density at radius 2 is 1.80 bits per heavy atom. The molecule has 0 atom stereocenters. The van der Waals surface area contributed by atoms with Crippen LogP contribution >= 0.6 is 0 Å². The minimum Gasteiger partial charge on any atom is -0.478 e. The van der Waals surface area contributed by atoms with Crippen molar-refractivity contribution in [1.29, 1.82) is 0 Å². The molecule has 98 valence electrons. The predicted octanol–water partition coefficient (Wildman–Crippen LogP) is 3.91. The summed E-state index contributed by atoms with van der Waals surface area (Å²) in [5.41, 5.74) is 3.90. The van der Waals surface area contributed by atoms with E-state index in [0.29, 0.717) is 10.9 Å². The van der Waals surface area contributed by atoms with Crippen LogP contribution in [0.1, 0.15) is 16.1 Å². The highest BCUT2D eigenvalue weighted by Crippen LogP contribution is 2.27. The number of carboxylic acid groups (broad SMARTS) is 1. The fourth-order valence-electron chi connectivity index (χ4n) is 2.39. The van der Waals surface area contributed by atoms with E-state index in [1.54, 1.807) is 12.1 Å². The van der Waals surface area contributed by atoms with Gasteiger partial charge in [-0.25, -0.2) is 4.79 Å². The Bertz CT molecular complexity index is 795. The molecule has 1 aromatic heterocycles. The molecular weight excluding hydrogens is 250 g/mol. The number of aryl methyl sites for hydroxylation is 1. The van der Waals surface area contributed by atoms with Crippen molar-refractivity contribution in [3.05, 3.63) is 65.9 Å². The van der Waals surface area contributed by atoms with Crippen LogP contribution in [0, 0.1) is 6.92 Å². The van der Waals surface area contributed by atoms with Crippen molar-refractivity contribution >= 4 is 16.9 Å². The van der Waals surface area contributed by atoms with Gasteiger partial charge in [0.05, 0.1) is 11.1 Å². The summed E-state index contributed by atoms with van der Waals surface area (Å²) in [7, 11) is 0. The average Bonchev–Trinajstić information content (AvgIpc) is 2.46. The van der Waals surface area contributed by atoms with Crippen molar-refractivity contribution in [3.63, 3.8) is 0 Å². The molecule has 1 heterocycles. The van der Waals surface area contributed by atoms with Crippen molar-refractivity contribution in [2.45, 2.75) is 6.92 Å². The fraction of sp³-hybridized carbons (Fsp3) is 0.0588. The van der Waals surface area contributed by atoms with Gasteiger partial charge in [-0.05, 0) is 30.7 Å². The smallest absolute Gasteiger partial charge is 0.336 e. The van der Waals surface area contributed by atoms with Crippen molar-refractivity contribution < 1.29 is 9.90 Å². The van der Waals surface area contributed by atoms with E-state index in [1.807, 2.05) is 49.4 Å². The molecule has 0 spiro atoms. The predicted molar refractivity (Wildman–Crippen MR) is 78.9 cm³/mol. The second-order valence-electron chi connectivity index (χ2n) is 4.66. The van der Waals surface area contributed by atoms with E-state index in [4.69, 9.17) is 0 Å². The summed E-state index contributed by atoms with van der Waals surface area (Å²) >= 11 is 0. The van der Waals surface area contributed by atoms with Gasteiger partial charge >= 0.3 is 5.97 Å². The molecule has 0 aliphatic heterocycles. The largest absolute Gasteiger partial charge is 0.478 e. The van der Waals surface area contributed by atoms with Gasteiger partial charge in [0.1, 0.15) is 0 Å². The van der Waals surface area contributed by atoms with Gasteiger partial charge in [0.2, 0.25) is 0 Å². The molecule has 1 N–H and O–H groups in total. The Morgan fingerprint density at radius 1 is 1.05 bits per heavy atom. The number of aromatic nitrogens is 1. The van der Waals surface area contributed by atoms with Crippen LogP contribution in [-0.2, 0) is 0 Å². The standard InChI is InChI=1S/C17H13NO2/c1-11-14(12-6-3-2-4-7-12)10-15-13(17(19)20)8-5-9-16(15)18-11/h2-10H,1H3,(H,19,20). The van der Waals surface area contributed by atoms with Crippen LogP contribution in [0.2, 0.25) is 0 Å². The average molecular weight is 263 g/mol. The lowest BCUT2D eigenvalue weighted by Gasteiger charge is -2.09. The zero-order valence-corrected chi connectivity index (χ0v) is 11.0. The Kier molecular flexibility index (Phi) is 2.95. The van der Waals surface area contributed by atoms with Gasteiger partial charge in [0.25, 0.3) is 0 Å². The van der Waals surface area contributed by atoms with E-state index in [2.05, 4.69) is 4.98 Å². The number of rotatable bonds is 2.